The molecule has 0 radical (unpaired) electrons. The molecule has 0 spiro atoms. The molecule has 2 aromatic carbocycles. The van der Waals surface area contributed by atoms with Crippen molar-refractivity contribution in [3.8, 4) is 5.75 Å². The van der Waals surface area contributed by atoms with Crippen LogP contribution in [-0.4, -0.2) is 30.4 Å². The van der Waals surface area contributed by atoms with E-state index in [-0.39, 0.29) is 5.92 Å². The van der Waals surface area contributed by atoms with Gasteiger partial charge in [0.1, 0.15) is 11.8 Å². The van der Waals surface area contributed by atoms with Crippen molar-refractivity contribution in [1.82, 2.24) is 5.32 Å². The lowest BCUT2D eigenvalue weighted by molar-refractivity contribution is -0.158. The van der Waals surface area contributed by atoms with Gasteiger partial charge in [0.05, 0.1) is 6.61 Å². The minimum Gasteiger partial charge on any atom is -0.494 e. The monoisotopic (exact) mass is 398 g/mol. The van der Waals surface area contributed by atoms with Crippen molar-refractivity contribution in [2.45, 2.75) is 32.9 Å². The van der Waals surface area contributed by atoms with Gasteiger partial charge in [0, 0.05) is 11.1 Å². The Morgan fingerprint density at radius 2 is 1.62 bits per heavy atom. The van der Waals surface area contributed by atoms with E-state index in [0.29, 0.717) is 23.5 Å². The van der Waals surface area contributed by atoms with E-state index in [0.717, 1.165) is 0 Å². The van der Waals surface area contributed by atoms with Crippen LogP contribution in [0, 0.1) is 5.92 Å². The topological polar surface area (TPSA) is 108 Å². The quantitative estimate of drug-likeness (QED) is 0.631. The van der Waals surface area contributed by atoms with Gasteiger partial charge in [0.25, 0.3) is 11.8 Å². The smallest absolute Gasteiger partial charge is 0.330 e. The Kier molecular flexibility index (Phi) is 7.77. The molecule has 0 bridgehead atoms. The largest absolute Gasteiger partial charge is 0.494 e. The number of carbonyl (C=O) groups is 3. The highest BCUT2D eigenvalue weighted by Crippen LogP contribution is 2.19. The van der Waals surface area contributed by atoms with Gasteiger partial charge in [-0.15, -0.1) is 0 Å². The molecule has 0 aliphatic carbocycles. The number of carbonyl (C=O) groups excluding carboxylic acids is 3. The van der Waals surface area contributed by atoms with Crippen molar-refractivity contribution >= 4 is 17.8 Å². The minimum atomic E-state index is -1.23. The lowest BCUT2D eigenvalue weighted by Crippen LogP contribution is -2.46. The fourth-order valence-electron chi connectivity index (χ4n) is 2.70. The van der Waals surface area contributed by atoms with E-state index in [9.17, 15) is 14.4 Å². The van der Waals surface area contributed by atoms with Gasteiger partial charge in [-0.3, -0.25) is 9.59 Å². The van der Waals surface area contributed by atoms with Gasteiger partial charge in [-0.25, -0.2) is 4.79 Å². The van der Waals surface area contributed by atoms with Crippen LogP contribution in [-0.2, 0) is 14.3 Å². The van der Waals surface area contributed by atoms with Gasteiger partial charge in [-0.05, 0) is 37.1 Å². The Morgan fingerprint density at radius 1 is 1.00 bits per heavy atom. The highest BCUT2D eigenvalue weighted by atomic mass is 16.5. The Balaban J connectivity index is 2.12. The number of nitrogens with two attached hydrogens (primary N) is 1. The maximum Gasteiger partial charge on any atom is 0.330 e. The summed E-state index contributed by atoms with van der Waals surface area (Å²) in [6, 6.07) is 14.1. The van der Waals surface area contributed by atoms with Crippen molar-refractivity contribution in [2.75, 3.05) is 6.61 Å². The molecule has 0 aromatic heterocycles. The van der Waals surface area contributed by atoms with Crippen molar-refractivity contribution in [3.63, 3.8) is 0 Å². The van der Waals surface area contributed by atoms with Crippen molar-refractivity contribution in [2.24, 2.45) is 11.7 Å². The molecule has 0 saturated carbocycles. The molecule has 2 aromatic rings. The maximum absolute atomic E-state index is 12.7. The normalized spacial score (nSPS) is 12.7. The molecule has 29 heavy (non-hydrogen) atoms. The molecule has 2 rings (SSSR count). The number of ether oxygens (including phenoxy) is 2. The Labute approximate surface area is 170 Å². The number of esters is 1. The lowest BCUT2D eigenvalue weighted by Gasteiger charge is -2.23. The molecule has 3 N–H and O–H groups in total. The average molecular weight is 398 g/mol. The summed E-state index contributed by atoms with van der Waals surface area (Å²) in [7, 11) is 0. The standard InChI is InChI=1S/C22H26N2O5/c1-4-28-17-12-10-16(11-13-17)21(26)24-18(14(2)3)22(27)29-19(20(23)25)15-8-6-5-7-9-15/h5-14,18-19H,4H2,1-3H3,(H2,23,25)(H,24,26)/t18-,19?/m0/s1. The van der Waals surface area contributed by atoms with Crippen LogP contribution in [0.1, 0.15) is 42.8 Å². The highest BCUT2D eigenvalue weighted by Gasteiger charge is 2.31. The van der Waals surface area contributed by atoms with Crippen LogP contribution in [0.4, 0.5) is 0 Å². The predicted octanol–water partition coefficient (Wildman–Crippen LogP) is 2.61. The molecule has 2 amide bonds. The molecule has 0 aliphatic heterocycles. The van der Waals surface area contributed by atoms with Crippen molar-refractivity contribution in [3.05, 3.63) is 65.7 Å². The van der Waals surface area contributed by atoms with Crippen LogP contribution in [0.3, 0.4) is 0 Å². The summed E-state index contributed by atoms with van der Waals surface area (Å²) < 4.78 is 10.7. The zero-order valence-electron chi connectivity index (χ0n) is 16.8. The van der Waals surface area contributed by atoms with E-state index >= 15 is 0 Å². The molecular formula is C22H26N2O5. The molecule has 1 unspecified atom stereocenters. The molecule has 154 valence electrons. The Hall–Kier alpha value is -3.35. The summed E-state index contributed by atoms with van der Waals surface area (Å²) in [5, 5.41) is 2.67. The third kappa shape index (κ3) is 6.07. The minimum absolute atomic E-state index is 0.265. The van der Waals surface area contributed by atoms with Gasteiger partial charge < -0.3 is 20.5 Å². The summed E-state index contributed by atoms with van der Waals surface area (Å²) in [6.07, 6.45) is -1.23. The van der Waals surface area contributed by atoms with Gasteiger partial charge in [0.15, 0.2) is 0 Å². The van der Waals surface area contributed by atoms with Crippen LogP contribution in [0.2, 0.25) is 0 Å². The molecule has 0 aliphatic rings. The van der Waals surface area contributed by atoms with Crippen molar-refractivity contribution in [1.29, 1.82) is 0 Å². The van der Waals surface area contributed by atoms with E-state index in [2.05, 4.69) is 5.32 Å². The molecular weight excluding hydrogens is 372 g/mol. The summed E-state index contributed by atoms with van der Waals surface area (Å²) >= 11 is 0. The number of benzene rings is 2. The molecule has 7 nitrogen and oxygen atoms in total. The number of nitrogens with one attached hydrogen (secondary N) is 1. The number of primary amides is 1. The van der Waals surface area contributed by atoms with Gasteiger partial charge in [0.2, 0.25) is 6.10 Å². The van der Waals surface area contributed by atoms with Gasteiger partial charge >= 0.3 is 5.97 Å². The van der Waals surface area contributed by atoms with Gasteiger partial charge in [-0.2, -0.15) is 0 Å². The van der Waals surface area contributed by atoms with E-state index < -0.39 is 29.9 Å². The van der Waals surface area contributed by atoms with Crippen LogP contribution in [0.25, 0.3) is 0 Å². The van der Waals surface area contributed by atoms with E-state index in [1.807, 2.05) is 6.92 Å². The predicted molar refractivity (Wildman–Crippen MR) is 108 cm³/mol. The summed E-state index contributed by atoms with van der Waals surface area (Å²) in [5.41, 5.74) is 6.25. The molecule has 0 heterocycles. The Bertz CT molecular complexity index is 834. The fraction of sp³-hybridized carbons (Fsp3) is 0.318. The maximum atomic E-state index is 12.7. The second-order valence-corrected chi connectivity index (χ2v) is 6.78. The van der Waals surface area contributed by atoms with Crippen LogP contribution < -0.4 is 15.8 Å². The lowest BCUT2D eigenvalue weighted by atomic mass is 10.0. The molecule has 2 atom stereocenters. The average Bonchev–Trinajstić information content (AvgIpc) is 2.70. The zero-order valence-corrected chi connectivity index (χ0v) is 16.8. The van der Waals surface area contributed by atoms with E-state index in [1.165, 1.54) is 0 Å². The number of hydrogen-bond donors (Lipinski definition) is 2. The second kappa shape index (κ2) is 10.3. The second-order valence-electron chi connectivity index (χ2n) is 6.78. The SMILES string of the molecule is CCOc1ccc(C(=O)N[C@H](C(=O)OC(C(N)=O)c2ccccc2)C(C)C)cc1. The number of amides is 2. The summed E-state index contributed by atoms with van der Waals surface area (Å²) in [5.74, 6) is -1.56. The van der Waals surface area contributed by atoms with E-state index in [4.69, 9.17) is 15.2 Å². The first-order chi connectivity index (χ1) is 13.8. The summed E-state index contributed by atoms with van der Waals surface area (Å²) in [4.78, 5) is 37.1. The zero-order chi connectivity index (χ0) is 21.4. The number of rotatable bonds is 9. The molecule has 0 fully saturated rings. The third-order valence-electron chi connectivity index (χ3n) is 4.23. The number of hydrogen-bond acceptors (Lipinski definition) is 5. The molecule has 7 heteroatoms. The van der Waals surface area contributed by atoms with Crippen LogP contribution in [0.15, 0.2) is 54.6 Å². The van der Waals surface area contributed by atoms with Gasteiger partial charge in [-0.1, -0.05) is 44.2 Å². The van der Waals surface area contributed by atoms with E-state index in [1.54, 1.807) is 68.4 Å². The van der Waals surface area contributed by atoms with Crippen molar-refractivity contribution < 1.29 is 23.9 Å². The van der Waals surface area contributed by atoms with Crippen LogP contribution >= 0.6 is 0 Å². The first-order valence-electron chi connectivity index (χ1n) is 9.42. The first kappa shape index (κ1) is 21.9. The fourth-order valence-corrected chi connectivity index (χ4v) is 2.70. The molecule has 0 saturated heterocycles. The first-order valence-corrected chi connectivity index (χ1v) is 9.42. The third-order valence-corrected chi connectivity index (χ3v) is 4.23. The highest BCUT2D eigenvalue weighted by molar-refractivity contribution is 5.97. The Morgan fingerprint density at radius 3 is 2.14 bits per heavy atom. The van der Waals surface area contributed by atoms with Crippen LogP contribution in [0.5, 0.6) is 5.75 Å². The summed E-state index contributed by atoms with van der Waals surface area (Å²) in [6.45, 7) is 5.93.